The van der Waals surface area contributed by atoms with Gasteiger partial charge in [0, 0.05) is 25.4 Å². The molecule has 1 heterocycles. The fourth-order valence-electron chi connectivity index (χ4n) is 7.16. The van der Waals surface area contributed by atoms with E-state index < -0.39 is 35.7 Å². The van der Waals surface area contributed by atoms with Gasteiger partial charge >= 0.3 is 0 Å². The first-order valence-corrected chi connectivity index (χ1v) is 11.1. The number of aliphatic hydroxyl groups excluding tert-OH is 2. The molecule has 1 aromatic rings. The van der Waals surface area contributed by atoms with E-state index in [1.165, 1.54) is 0 Å². The summed E-state index contributed by atoms with van der Waals surface area (Å²) in [4.78, 5) is 18.5. The topological polar surface area (TPSA) is 105 Å². The number of hydrogen-bond donors (Lipinski definition) is 3. The average molecular weight is 429 g/mol. The van der Waals surface area contributed by atoms with Gasteiger partial charge < -0.3 is 24.6 Å². The van der Waals surface area contributed by atoms with Gasteiger partial charge in [-0.15, -0.1) is 0 Å². The standard InChI is InChI=1S/C24H32N2O5/c1-12-10-23-13(2)8-16-17(22(16,3)4)15(19(23)29)9-14(11-27)18(28)24(23,30)20(12)31-21-25-6-7-26(21)5/h6-7,9-10,13,15-18,20,27-28,30H,8,11H2,1-5H3/t13-,15+,16-,17+,18-,20+,23?,24+/m1/s1. The molecule has 0 amide bonds. The number of rotatable bonds is 3. The van der Waals surface area contributed by atoms with Gasteiger partial charge in [0.05, 0.1) is 12.0 Å². The van der Waals surface area contributed by atoms with Gasteiger partial charge in [-0.3, -0.25) is 4.79 Å². The number of hydrogen-bond acceptors (Lipinski definition) is 6. The fraction of sp³-hybridized carbons (Fsp3) is 0.667. The Balaban J connectivity index is 1.71. The number of allylic oxidation sites excluding steroid dienone is 1. The normalized spacial score (nSPS) is 45.1. The third-order valence-electron chi connectivity index (χ3n) is 8.90. The van der Waals surface area contributed by atoms with Crippen molar-refractivity contribution in [3.05, 3.63) is 35.7 Å². The van der Waals surface area contributed by atoms with Crippen LogP contribution >= 0.6 is 0 Å². The number of nitrogens with zero attached hydrogens (tertiary/aromatic N) is 2. The maximum atomic E-state index is 14.2. The molecule has 1 spiro atoms. The summed E-state index contributed by atoms with van der Waals surface area (Å²) in [5.74, 6) is -0.230. The summed E-state index contributed by atoms with van der Waals surface area (Å²) in [6, 6.07) is 0.295. The third kappa shape index (κ3) is 2.35. The lowest BCUT2D eigenvalue weighted by molar-refractivity contribution is -0.186. The van der Waals surface area contributed by atoms with Gasteiger partial charge in [0.1, 0.15) is 6.10 Å². The summed E-state index contributed by atoms with van der Waals surface area (Å²) in [6.45, 7) is 7.77. The van der Waals surface area contributed by atoms with E-state index in [2.05, 4.69) is 18.8 Å². The predicted octanol–water partition coefficient (Wildman–Crippen LogP) is 1.64. The van der Waals surface area contributed by atoms with Crippen LogP contribution in [0.3, 0.4) is 0 Å². The molecule has 0 aromatic carbocycles. The Hall–Kier alpha value is -1.96. The van der Waals surface area contributed by atoms with Crippen LogP contribution < -0.4 is 4.74 Å². The summed E-state index contributed by atoms with van der Waals surface area (Å²) in [7, 11) is 1.78. The molecular weight excluding hydrogens is 396 g/mol. The van der Waals surface area contributed by atoms with Gasteiger partial charge in [-0.1, -0.05) is 32.9 Å². The maximum Gasteiger partial charge on any atom is 0.296 e. The second-order valence-corrected chi connectivity index (χ2v) is 10.7. The number of Topliss-reactive ketones (excluding diaryl/α,β-unsaturated/α-hetero) is 1. The van der Waals surface area contributed by atoms with Crippen LogP contribution in [0.2, 0.25) is 0 Å². The van der Waals surface area contributed by atoms with Crippen LogP contribution in [0.25, 0.3) is 0 Å². The third-order valence-corrected chi connectivity index (χ3v) is 8.90. The van der Waals surface area contributed by atoms with Crippen molar-refractivity contribution >= 4 is 5.78 Å². The maximum absolute atomic E-state index is 14.2. The van der Waals surface area contributed by atoms with Gasteiger partial charge in [-0.25, -0.2) is 4.98 Å². The second-order valence-electron chi connectivity index (χ2n) is 10.7. The Bertz CT molecular complexity index is 1010. The summed E-state index contributed by atoms with van der Waals surface area (Å²) >= 11 is 0. The van der Waals surface area contributed by atoms with Crippen molar-refractivity contribution in [2.24, 2.45) is 41.5 Å². The van der Waals surface area contributed by atoms with E-state index in [1.807, 2.05) is 19.9 Å². The SMILES string of the molecule is CC1=CC23C(=O)[C@@H](C=C(CO)[C@@H](O)[C@]2(O)[C@H]1Oc1nccn1C)[C@H]1[C@@H](C[C@H]3C)C1(C)C. The first-order valence-electron chi connectivity index (χ1n) is 11.1. The van der Waals surface area contributed by atoms with Gasteiger partial charge in [0.15, 0.2) is 17.5 Å². The smallest absolute Gasteiger partial charge is 0.296 e. The van der Waals surface area contributed by atoms with Gasteiger partial charge in [0.25, 0.3) is 6.01 Å². The van der Waals surface area contributed by atoms with Crippen LogP contribution in [0.15, 0.2) is 35.7 Å². The number of ether oxygens (including phenoxy) is 1. The molecule has 0 saturated heterocycles. The highest BCUT2D eigenvalue weighted by molar-refractivity contribution is 5.95. The van der Waals surface area contributed by atoms with Gasteiger partial charge in [-0.05, 0) is 47.7 Å². The minimum absolute atomic E-state index is 0.0148. The number of ketones is 1. The fourth-order valence-corrected chi connectivity index (χ4v) is 7.16. The van der Waals surface area contributed by atoms with Crippen LogP contribution in [0, 0.1) is 34.5 Å². The molecule has 2 bridgehead atoms. The van der Waals surface area contributed by atoms with E-state index in [0.717, 1.165) is 6.42 Å². The molecule has 168 valence electrons. The average Bonchev–Trinajstić information content (AvgIpc) is 2.97. The molecule has 0 aliphatic heterocycles. The molecule has 4 aliphatic rings. The van der Waals surface area contributed by atoms with E-state index in [9.17, 15) is 20.1 Å². The van der Waals surface area contributed by atoms with Crippen molar-refractivity contribution in [1.82, 2.24) is 9.55 Å². The predicted molar refractivity (Wildman–Crippen MR) is 113 cm³/mol. The van der Waals surface area contributed by atoms with Crippen LogP contribution in [-0.2, 0) is 11.8 Å². The van der Waals surface area contributed by atoms with Gasteiger partial charge in [-0.2, -0.15) is 0 Å². The van der Waals surface area contributed by atoms with E-state index in [4.69, 9.17) is 4.74 Å². The largest absolute Gasteiger partial charge is 0.454 e. The van der Waals surface area contributed by atoms with Crippen LogP contribution in [0.5, 0.6) is 6.01 Å². The molecular formula is C24H32N2O5. The lowest BCUT2D eigenvalue weighted by Crippen LogP contribution is -2.66. The molecule has 31 heavy (non-hydrogen) atoms. The highest BCUT2D eigenvalue weighted by Gasteiger charge is 2.76. The summed E-state index contributed by atoms with van der Waals surface area (Å²) in [6.07, 6.45) is 5.29. The minimum Gasteiger partial charge on any atom is -0.454 e. The first-order chi connectivity index (χ1) is 14.5. The van der Waals surface area contributed by atoms with E-state index >= 15 is 0 Å². The second kappa shape index (κ2) is 6.30. The molecule has 4 aliphatic carbocycles. The number of fused-ring (bicyclic) bond motifs is 3. The van der Waals surface area contributed by atoms with Crippen molar-refractivity contribution < 1.29 is 24.9 Å². The van der Waals surface area contributed by atoms with Gasteiger partial charge in [0.2, 0.25) is 0 Å². The summed E-state index contributed by atoms with van der Waals surface area (Å²) in [5, 5.41) is 34.0. The molecule has 3 N–H and O–H groups in total. The molecule has 7 heteroatoms. The monoisotopic (exact) mass is 428 g/mol. The van der Waals surface area contributed by atoms with E-state index in [-0.39, 0.29) is 28.6 Å². The quantitative estimate of drug-likeness (QED) is 0.632. The van der Waals surface area contributed by atoms with Crippen molar-refractivity contribution in [3.8, 4) is 6.01 Å². The number of imidazole rings is 1. The molecule has 1 unspecified atom stereocenters. The highest BCUT2D eigenvalue weighted by Crippen LogP contribution is 2.71. The Morgan fingerprint density at radius 1 is 1.35 bits per heavy atom. The zero-order chi connectivity index (χ0) is 22.5. The Kier molecular flexibility index (Phi) is 4.25. The summed E-state index contributed by atoms with van der Waals surface area (Å²) < 4.78 is 7.85. The number of aliphatic hydroxyl groups is 3. The lowest BCUT2D eigenvalue weighted by Gasteiger charge is -2.48. The number of aryl methyl sites for hydroxylation is 1. The summed E-state index contributed by atoms with van der Waals surface area (Å²) in [5.41, 5.74) is -2.24. The highest BCUT2D eigenvalue weighted by atomic mass is 16.5. The van der Waals surface area contributed by atoms with Crippen LogP contribution in [-0.4, -0.2) is 55.1 Å². The number of aromatic nitrogens is 2. The Morgan fingerprint density at radius 3 is 2.68 bits per heavy atom. The number of carbonyl (C=O) groups excluding carboxylic acids is 1. The zero-order valence-electron chi connectivity index (χ0n) is 18.7. The Morgan fingerprint density at radius 2 is 2.06 bits per heavy atom. The molecule has 2 saturated carbocycles. The molecule has 7 nitrogen and oxygen atoms in total. The van der Waals surface area contributed by atoms with Crippen molar-refractivity contribution in [2.75, 3.05) is 6.61 Å². The molecule has 0 radical (unpaired) electrons. The minimum atomic E-state index is -1.94. The van der Waals surface area contributed by atoms with Crippen molar-refractivity contribution in [1.29, 1.82) is 0 Å². The first kappa shape index (κ1) is 20.9. The molecule has 8 atom stereocenters. The molecule has 5 rings (SSSR count). The van der Waals surface area contributed by atoms with Crippen LogP contribution in [0.4, 0.5) is 0 Å². The van der Waals surface area contributed by atoms with E-state index in [0.29, 0.717) is 17.5 Å². The number of carbonyl (C=O) groups is 1. The zero-order valence-corrected chi connectivity index (χ0v) is 18.7. The van der Waals surface area contributed by atoms with Crippen molar-refractivity contribution in [3.63, 3.8) is 0 Å². The molecule has 1 aromatic heterocycles. The van der Waals surface area contributed by atoms with Crippen molar-refractivity contribution in [2.45, 2.75) is 51.9 Å². The lowest BCUT2D eigenvalue weighted by atomic mass is 9.59. The van der Waals surface area contributed by atoms with Crippen LogP contribution in [0.1, 0.15) is 34.1 Å². The molecule has 2 fully saturated rings. The Labute approximate surface area is 182 Å². The van der Waals surface area contributed by atoms with E-state index in [1.54, 1.807) is 30.1 Å².